The van der Waals surface area contributed by atoms with Gasteiger partial charge in [0.25, 0.3) is 11.6 Å². The molecule has 0 radical (unpaired) electrons. The average Bonchev–Trinajstić information content (AvgIpc) is 2.73. The summed E-state index contributed by atoms with van der Waals surface area (Å²) in [7, 11) is 0. The first-order chi connectivity index (χ1) is 13.6. The number of hydrogen-bond acceptors (Lipinski definition) is 6. The molecule has 8 nitrogen and oxygen atoms in total. The molecule has 2 heterocycles. The number of nitro groups is 1. The Morgan fingerprint density at radius 3 is 2.50 bits per heavy atom. The van der Waals surface area contributed by atoms with E-state index in [0.29, 0.717) is 36.1 Å². The van der Waals surface area contributed by atoms with Gasteiger partial charge in [-0.3, -0.25) is 14.9 Å². The molecule has 0 atom stereocenters. The van der Waals surface area contributed by atoms with Gasteiger partial charge in [0.15, 0.2) is 11.5 Å². The van der Waals surface area contributed by atoms with E-state index >= 15 is 0 Å². The van der Waals surface area contributed by atoms with Crippen LogP contribution in [0, 0.1) is 10.1 Å². The second kappa shape index (κ2) is 7.75. The Morgan fingerprint density at radius 2 is 1.75 bits per heavy atom. The first-order valence-electron chi connectivity index (χ1n) is 9.36. The van der Waals surface area contributed by atoms with Crippen LogP contribution >= 0.6 is 0 Å². The summed E-state index contributed by atoms with van der Waals surface area (Å²) in [5.74, 6) is 0.784. The molecule has 1 fully saturated rings. The first kappa shape index (κ1) is 18.1. The molecule has 2 aromatic rings. The van der Waals surface area contributed by atoms with Crippen molar-refractivity contribution in [2.24, 2.45) is 0 Å². The van der Waals surface area contributed by atoms with Gasteiger partial charge < -0.3 is 19.7 Å². The summed E-state index contributed by atoms with van der Waals surface area (Å²) in [4.78, 5) is 25.8. The van der Waals surface area contributed by atoms with E-state index in [1.807, 2.05) is 4.90 Å². The van der Waals surface area contributed by atoms with Gasteiger partial charge in [-0.15, -0.1) is 0 Å². The molecule has 2 aliphatic heterocycles. The van der Waals surface area contributed by atoms with Crippen LogP contribution in [0.25, 0.3) is 0 Å². The quantitative estimate of drug-likeness (QED) is 0.640. The van der Waals surface area contributed by atoms with Gasteiger partial charge in [-0.05, 0) is 43.5 Å². The molecule has 0 saturated carbocycles. The van der Waals surface area contributed by atoms with E-state index in [1.165, 1.54) is 6.07 Å². The highest BCUT2D eigenvalue weighted by Crippen LogP contribution is 2.34. The van der Waals surface area contributed by atoms with E-state index in [-0.39, 0.29) is 11.3 Å². The van der Waals surface area contributed by atoms with Crippen LogP contribution in [0.15, 0.2) is 36.4 Å². The molecule has 0 aliphatic carbocycles. The smallest absolute Gasteiger partial charge is 0.293 e. The minimum Gasteiger partial charge on any atom is -0.486 e. The molecular formula is C20H21N3O5. The monoisotopic (exact) mass is 383 g/mol. The number of benzene rings is 2. The lowest BCUT2D eigenvalue weighted by Gasteiger charge is -2.28. The zero-order valence-corrected chi connectivity index (χ0v) is 15.3. The van der Waals surface area contributed by atoms with E-state index in [9.17, 15) is 14.9 Å². The van der Waals surface area contributed by atoms with Crippen LogP contribution in [0.4, 0.5) is 17.1 Å². The minimum absolute atomic E-state index is 0.0447. The molecule has 1 saturated heterocycles. The topological polar surface area (TPSA) is 93.9 Å². The fourth-order valence-electron chi connectivity index (χ4n) is 3.54. The number of carbonyl (C=O) groups excluding carboxylic acids is 1. The standard InChI is InChI=1S/C20H21N3O5/c24-20(21-15-5-7-18-19(13-15)28-11-10-27-18)14-4-6-16(17(12-14)23(25)26)22-8-2-1-3-9-22/h4-7,12-13H,1-3,8-11H2,(H,21,24). The van der Waals surface area contributed by atoms with Crippen LogP contribution in [0.3, 0.4) is 0 Å². The van der Waals surface area contributed by atoms with Crippen LogP contribution in [-0.4, -0.2) is 37.1 Å². The molecule has 1 amide bonds. The van der Waals surface area contributed by atoms with Gasteiger partial charge in [0.05, 0.1) is 4.92 Å². The summed E-state index contributed by atoms with van der Waals surface area (Å²) >= 11 is 0. The number of ether oxygens (including phenoxy) is 2. The Balaban J connectivity index is 1.55. The number of nitrogens with one attached hydrogen (secondary N) is 1. The summed E-state index contributed by atoms with van der Waals surface area (Å²) in [5, 5.41) is 14.3. The van der Waals surface area contributed by atoms with E-state index in [2.05, 4.69) is 5.32 Å². The lowest BCUT2D eigenvalue weighted by molar-refractivity contribution is -0.384. The number of piperidine rings is 1. The molecule has 0 spiro atoms. The van der Waals surface area contributed by atoms with Gasteiger partial charge in [-0.25, -0.2) is 0 Å². The molecule has 0 bridgehead atoms. The second-order valence-electron chi connectivity index (χ2n) is 6.82. The molecule has 0 unspecified atom stereocenters. The van der Waals surface area contributed by atoms with Crippen molar-refractivity contribution in [2.75, 3.05) is 36.5 Å². The maximum Gasteiger partial charge on any atom is 0.293 e. The predicted octanol–water partition coefficient (Wildman–Crippen LogP) is 3.61. The minimum atomic E-state index is -0.426. The van der Waals surface area contributed by atoms with E-state index in [1.54, 1.807) is 30.3 Å². The molecule has 2 aromatic carbocycles. The Morgan fingerprint density at radius 1 is 1.00 bits per heavy atom. The van der Waals surface area contributed by atoms with E-state index in [4.69, 9.17) is 9.47 Å². The Bertz CT molecular complexity index is 909. The third-order valence-electron chi connectivity index (χ3n) is 4.93. The van der Waals surface area contributed by atoms with Crippen LogP contribution < -0.4 is 19.7 Å². The van der Waals surface area contributed by atoms with Crippen molar-refractivity contribution in [2.45, 2.75) is 19.3 Å². The van der Waals surface area contributed by atoms with Crippen LogP contribution in [0.5, 0.6) is 11.5 Å². The van der Waals surface area contributed by atoms with Gasteiger partial charge in [-0.2, -0.15) is 0 Å². The van der Waals surface area contributed by atoms with Crippen molar-refractivity contribution < 1.29 is 19.2 Å². The van der Waals surface area contributed by atoms with Crippen LogP contribution in [0.2, 0.25) is 0 Å². The zero-order valence-electron chi connectivity index (χ0n) is 15.3. The van der Waals surface area contributed by atoms with Crippen molar-refractivity contribution in [3.63, 3.8) is 0 Å². The molecule has 4 rings (SSSR count). The third-order valence-corrected chi connectivity index (χ3v) is 4.93. The molecule has 8 heteroatoms. The molecule has 2 aliphatic rings. The number of fused-ring (bicyclic) bond motifs is 1. The fourth-order valence-corrected chi connectivity index (χ4v) is 3.54. The summed E-state index contributed by atoms with van der Waals surface area (Å²) in [6.07, 6.45) is 3.17. The maximum absolute atomic E-state index is 12.6. The van der Waals surface area contributed by atoms with Gasteiger partial charge in [0.2, 0.25) is 0 Å². The SMILES string of the molecule is O=C(Nc1ccc2c(c1)OCCO2)c1ccc(N2CCCCC2)c([N+](=O)[O-])c1. The van der Waals surface area contributed by atoms with E-state index in [0.717, 1.165) is 32.4 Å². The van der Waals surface area contributed by atoms with Gasteiger partial charge in [-0.1, -0.05) is 0 Å². The van der Waals surface area contributed by atoms with Crippen LogP contribution in [-0.2, 0) is 0 Å². The normalized spacial score (nSPS) is 15.8. The van der Waals surface area contributed by atoms with Crippen molar-refractivity contribution in [1.82, 2.24) is 0 Å². The summed E-state index contributed by atoms with van der Waals surface area (Å²) in [5.41, 5.74) is 1.30. The number of hydrogen-bond donors (Lipinski definition) is 1. The fraction of sp³-hybridized carbons (Fsp3) is 0.350. The average molecular weight is 383 g/mol. The lowest BCUT2D eigenvalue weighted by atomic mass is 10.1. The van der Waals surface area contributed by atoms with Crippen LogP contribution in [0.1, 0.15) is 29.6 Å². The number of nitro benzene ring substituents is 1. The van der Waals surface area contributed by atoms with Crippen molar-refractivity contribution in [3.8, 4) is 11.5 Å². The number of amides is 1. The molecule has 146 valence electrons. The predicted molar refractivity (Wildman–Crippen MR) is 105 cm³/mol. The summed E-state index contributed by atoms with van der Waals surface area (Å²) in [6.45, 7) is 2.54. The Hall–Kier alpha value is -3.29. The summed E-state index contributed by atoms with van der Waals surface area (Å²) < 4.78 is 11.0. The molecule has 1 N–H and O–H groups in total. The molecular weight excluding hydrogens is 362 g/mol. The number of carbonyl (C=O) groups is 1. The van der Waals surface area contributed by atoms with Gasteiger partial charge >= 0.3 is 0 Å². The lowest BCUT2D eigenvalue weighted by Crippen LogP contribution is -2.30. The third kappa shape index (κ3) is 3.71. The summed E-state index contributed by atoms with van der Waals surface area (Å²) in [6, 6.07) is 9.76. The van der Waals surface area contributed by atoms with E-state index < -0.39 is 10.8 Å². The van der Waals surface area contributed by atoms with Gasteiger partial charge in [0, 0.05) is 36.5 Å². The Labute approximate surface area is 162 Å². The van der Waals surface area contributed by atoms with Crippen molar-refractivity contribution >= 4 is 23.0 Å². The highest BCUT2D eigenvalue weighted by Gasteiger charge is 2.23. The van der Waals surface area contributed by atoms with Crippen molar-refractivity contribution in [1.29, 1.82) is 0 Å². The zero-order chi connectivity index (χ0) is 19.5. The highest BCUT2D eigenvalue weighted by molar-refractivity contribution is 6.05. The highest BCUT2D eigenvalue weighted by atomic mass is 16.6. The van der Waals surface area contributed by atoms with Crippen molar-refractivity contribution in [3.05, 3.63) is 52.1 Å². The van der Waals surface area contributed by atoms with Gasteiger partial charge in [0.1, 0.15) is 18.9 Å². The number of nitrogens with zero attached hydrogens (tertiary/aromatic N) is 2. The Kier molecular flexibility index (Phi) is 5.01. The molecule has 28 heavy (non-hydrogen) atoms. The largest absolute Gasteiger partial charge is 0.486 e. The maximum atomic E-state index is 12.6. The number of rotatable bonds is 4. The first-order valence-corrected chi connectivity index (χ1v) is 9.36. The molecule has 0 aromatic heterocycles. The second-order valence-corrected chi connectivity index (χ2v) is 6.82. The number of anilines is 2.